The van der Waals surface area contributed by atoms with Crippen LogP contribution in [0, 0.1) is 0 Å². The highest BCUT2D eigenvalue weighted by atomic mass is 32.2. The van der Waals surface area contributed by atoms with Crippen molar-refractivity contribution in [3.63, 3.8) is 0 Å². The third kappa shape index (κ3) is 3.41. The van der Waals surface area contributed by atoms with Gasteiger partial charge in [-0.25, -0.2) is 4.79 Å². The maximum absolute atomic E-state index is 11.6. The highest BCUT2D eigenvalue weighted by molar-refractivity contribution is 8.14. The van der Waals surface area contributed by atoms with Crippen LogP contribution in [0.1, 0.15) is 13.8 Å². The van der Waals surface area contributed by atoms with Crippen LogP contribution >= 0.6 is 11.8 Å². The zero-order valence-corrected chi connectivity index (χ0v) is 9.93. The molecule has 0 bridgehead atoms. The summed E-state index contributed by atoms with van der Waals surface area (Å²) in [4.78, 5) is 33.7. The first-order chi connectivity index (χ1) is 7.54. The number of amides is 2. The minimum Gasteiger partial charge on any atom is -0.464 e. The number of thioether (sulfide) groups is 1. The Balaban J connectivity index is 2.39. The van der Waals surface area contributed by atoms with Crippen molar-refractivity contribution >= 4 is 28.9 Å². The maximum Gasteiger partial charge on any atom is 0.328 e. The number of hydrogen-bond donors (Lipinski definition) is 2. The minimum absolute atomic E-state index is 0.219. The molecule has 0 aliphatic carbocycles. The first kappa shape index (κ1) is 12.8. The van der Waals surface area contributed by atoms with E-state index in [1.807, 2.05) is 0 Å². The molecule has 6 nitrogen and oxygen atoms in total. The zero-order chi connectivity index (χ0) is 12.1. The minimum atomic E-state index is -0.699. The van der Waals surface area contributed by atoms with Gasteiger partial charge in [0.15, 0.2) is 0 Å². The van der Waals surface area contributed by atoms with Crippen LogP contribution in [0.4, 0.5) is 4.79 Å². The first-order valence-corrected chi connectivity index (χ1v) is 5.93. The largest absolute Gasteiger partial charge is 0.464 e. The van der Waals surface area contributed by atoms with E-state index in [0.29, 0.717) is 5.75 Å². The van der Waals surface area contributed by atoms with E-state index in [4.69, 9.17) is 4.74 Å². The van der Waals surface area contributed by atoms with Gasteiger partial charge in [0, 0.05) is 5.75 Å². The lowest BCUT2D eigenvalue weighted by Crippen LogP contribution is -2.48. The second-order valence-corrected chi connectivity index (χ2v) is 4.27. The van der Waals surface area contributed by atoms with E-state index in [-0.39, 0.29) is 17.8 Å². The summed E-state index contributed by atoms with van der Waals surface area (Å²) in [6, 6.07) is -1.26. The zero-order valence-electron chi connectivity index (χ0n) is 9.11. The number of esters is 1. The molecule has 1 aliphatic rings. The highest BCUT2D eigenvalue weighted by Gasteiger charge is 2.29. The van der Waals surface area contributed by atoms with Gasteiger partial charge in [0.2, 0.25) is 5.91 Å². The molecule has 0 saturated carbocycles. The molecule has 16 heavy (non-hydrogen) atoms. The molecule has 0 aromatic carbocycles. The smallest absolute Gasteiger partial charge is 0.328 e. The fraction of sp³-hybridized carbons (Fsp3) is 0.667. The fourth-order valence-electron chi connectivity index (χ4n) is 1.17. The van der Waals surface area contributed by atoms with Crippen molar-refractivity contribution < 1.29 is 19.1 Å². The predicted octanol–water partition coefficient (Wildman–Crippen LogP) is -0.121. The number of ether oxygens (including phenoxy) is 1. The SMILES string of the molecule is CCOC(=O)C(C)NC(=O)C1CSC(=O)N1. The highest BCUT2D eigenvalue weighted by Crippen LogP contribution is 2.12. The van der Waals surface area contributed by atoms with Crippen LogP contribution < -0.4 is 10.6 Å². The van der Waals surface area contributed by atoms with Gasteiger partial charge in [-0.3, -0.25) is 9.59 Å². The summed E-state index contributed by atoms with van der Waals surface area (Å²) in [5, 5.41) is 4.76. The van der Waals surface area contributed by atoms with Crippen LogP contribution in [0.25, 0.3) is 0 Å². The topological polar surface area (TPSA) is 84.5 Å². The van der Waals surface area contributed by atoms with E-state index >= 15 is 0 Å². The van der Waals surface area contributed by atoms with Gasteiger partial charge in [-0.05, 0) is 13.8 Å². The van der Waals surface area contributed by atoms with Crippen LogP contribution in [0.5, 0.6) is 0 Å². The second-order valence-electron chi connectivity index (χ2n) is 3.28. The number of carbonyl (C=O) groups is 3. The van der Waals surface area contributed by atoms with E-state index in [0.717, 1.165) is 11.8 Å². The first-order valence-electron chi connectivity index (χ1n) is 4.95. The molecule has 0 radical (unpaired) electrons. The molecule has 0 aromatic heterocycles. The summed E-state index contributed by atoms with van der Waals surface area (Å²) >= 11 is 1.05. The summed E-state index contributed by atoms with van der Waals surface area (Å²) in [6.45, 7) is 3.51. The van der Waals surface area contributed by atoms with Gasteiger partial charge in [0.1, 0.15) is 12.1 Å². The van der Waals surface area contributed by atoms with Gasteiger partial charge in [-0.15, -0.1) is 0 Å². The van der Waals surface area contributed by atoms with Gasteiger partial charge >= 0.3 is 5.97 Å². The molecule has 0 aromatic rings. The molecule has 1 rings (SSSR count). The Morgan fingerprint density at radius 3 is 2.88 bits per heavy atom. The molecule has 2 unspecified atom stereocenters. The van der Waals surface area contributed by atoms with Crippen LogP contribution in [-0.4, -0.2) is 41.6 Å². The lowest BCUT2D eigenvalue weighted by Gasteiger charge is -2.15. The molecule has 1 aliphatic heterocycles. The summed E-state index contributed by atoms with van der Waals surface area (Å²) in [5.74, 6) is -0.452. The van der Waals surface area contributed by atoms with E-state index in [9.17, 15) is 14.4 Å². The van der Waals surface area contributed by atoms with Gasteiger partial charge in [-0.2, -0.15) is 0 Å². The normalized spacial score (nSPS) is 21.1. The number of carbonyl (C=O) groups excluding carboxylic acids is 3. The molecule has 2 N–H and O–H groups in total. The Hall–Kier alpha value is -1.24. The molecule has 90 valence electrons. The Labute approximate surface area is 97.5 Å². The van der Waals surface area contributed by atoms with Gasteiger partial charge in [0.05, 0.1) is 6.61 Å². The quantitative estimate of drug-likeness (QED) is 0.675. The molecule has 2 amide bonds. The lowest BCUT2D eigenvalue weighted by molar-refractivity contribution is -0.146. The van der Waals surface area contributed by atoms with E-state index in [1.165, 1.54) is 0 Å². The molecule has 1 fully saturated rings. The number of hydrogen-bond acceptors (Lipinski definition) is 5. The molecular formula is C9H14N2O4S. The lowest BCUT2D eigenvalue weighted by atomic mass is 10.2. The van der Waals surface area contributed by atoms with E-state index in [1.54, 1.807) is 13.8 Å². The monoisotopic (exact) mass is 246 g/mol. The Kier molecular flexibility index (Phi) is 4.60. The van der Waals surface area contributed by atoms with Gasteiger partial charge in [-0.1, -0.05) is 11.8 Å². The molecule has 0 spiro atoms. The maximum atomic E-state index is 11.6. The summed E-state index contributed by atoms with van der Waals surface area (Å²) in [6.07, 6.45) is 0. The van der Waals surface area contributed by atoms with Crippen molar-refractivity contribution in [2.24, 2.45) is 0 Å². The van der Waals surface area contributed by atoms with Crippen molar-refractivity contribution in [2.45, 2.75) is 25.9 Å². The van der Waals surface area contributed by atoms with Crippen molar-refractivity contribution in [2.75, 3.05) is 12.4 Å². The number of nitrogens with one attached hydrogen (secondary N) is 2. The Bertz CT molecular complexity index is 308. The summed E-state index contributed by atoms with van der Waals surface area (Å²) < 4.78 is 4.74. The summed E-state index contributed by atoms with van der Waals surface area (Å²) in [5.41, 5.74) is 0. The van der Waals surface area contributed by atoms with Crippen molar-refractivity contribution in [3.8, 4) is 0 Å². The van der Waals surface area contributed by atoms with Crippen molar-refractivity contribution in [3.05, 3.63) is 0 Å². The van der Waals surface area contributed by atoms with Crippen LogP contribution in [0.15, 0.2) is 0 Å². The van der Waals surface area contributed by atoms with E-state index < -0.39 is 18.1 Å². The average molecular weight is 246 g/mol. The Morgan fingerprint density at radius 1 is 1.69 bits per heavy atom. The standard InChI is InChI=1S/C9H14N2O4S/c1-3-15-8(13)5(2)10-7(12)6-4-16-9(14)11-6/h5-6H,3-4H2,1-2H3,(H,10,12)(H,11,14). The third-order valence-corrected chi connectivity index (χ3v) is 2.87. The molecule has 1 heterocycles. The molecule has 1 saturated heterocycles. The van der Waals surface area contributed by atoms with Crippen molar-refractivity contribution in [1.82, 2.24) is 10.6 Å². The van der Waals surface area contributed by atoms with Gasteiger partial charge in [0.25, 0.3) is 5.24 Å². The number of rotatable bonds is 4. The summed E-state index contributed by atoms with van der Waals surface area (Å²) in [7, 11) is 0. The third-order valence-electron chi connectivity index (χ3n) is 1.99. The fourth-order valence-corrected chi connectivity index (χ4v) is 1.94. The second kappa shape index (κ2) is 5.74. The van der Waals surface area contributed by atoms with Crippen LogP contribution in [-0.2, 0) is 14.3 Å². The van der Waals surface area contributed by atoms with Crippen LogP contribution in [0.3, 0.4) is 0 Å². The van der Waals surface area contributed by atoms with Crippen molar-refractivity contribution in [1.29, 1.82) is 0 Å². The molecule has 7 heteroatoms. The molecule has 2 atom stereocenters. The van der Waals surface area contributed by atoms with E-state index in [2.05, 4.69) is 10.6 Å². The predicted molar refractivity (Wildman–Crippen MR) is 59.0 cm³/mol. The Morgan fingerprint density at radius 2 is 2.38 bits per heavy atom. The molecular weight excluding hydrogens is 232 g/mol. The van der Waals surface area contributed by atoms with Crippen LogP contribution in [0.2, 0.25) is 0 Å². The average Bonchev–Trinajstić information content (AvgIpc) is 2.65. The van der Waals surface area contributed by atoms with Gasteiger partial charge < -0.3 is 15.4 Å².